The molecule has 6 heteroatoms. The highest BCUT2D eigenvalue weighted by molar-refractivity contribution is 9.10. The summed E-state index contributed by atoms with van der Waals surface area (Å²) in [7, 11) is 0. The largest absolute Gasteiger partial charge is 0.486 e. The topological polar surface area (TPSA) is 44.5 Å². The summed E-state index contributed by atoms with van der Waals surface area (Å²) in [6, 6.07) is 7.67. The molecule has 0 aromatic heterocycles. The zero-order valence-corrected chi connectivity index (χ0v) is 13.2. The van der Waals surface area contributed by atoms with Crippen molar-refractivity contribution in [1.29, 1.82) is 0 Å². The van der Waals surface area contributed by atoms with E-state index in [-0.39, 0.29) is 5.02 Å². The second kappa shape index (κ2) is 5.83. The van der Waals surface area contributed by atoms with Gasteiger partial charge in [0.1, 0.15) is 19.0 Å². The van der Waals surface area contributed by atoms with E-state index in [1.807, 2.05) is 12.1 Å². The molecule has 0 radical (unpaired) electrons. The summed E-state index contributed by atoms with van der Waals surface area (Å²) in [5.74, 6) is 0.873. The molecule has 1 aliphatic heterocycles. The minimum Gasteiger partial charge on any atom is -0.486 e. The molecule has 3 nitrogen and oxygen atoms in total. The van der Waals surface area contributed by atoms with Crippen molar-refractivity contribution in [3.8, 4) is 11.5 Å². The first-order valence-corrected chi connectivity index (χ1v) is 7.53. The van der Waals surface area contributed by atoms with E-state index in [1.165, 1.54) is 12.1 Å². The summed E-state index contributed by atoms with van der Waals surface area (Å²) in [5.41, 5.74) is 7.80. The van der Waals surface area contributed by atoms with Crippen LogP contribution in [0.25, 0.3) is 0 Å². The van der Waals surface area contributed by atoms with Crippen LogP contribution in [0.2, 0.25) is 5.02 Å². The lowest BCUT2D eigenvalue weighted by atomic mass is 9.99. The minimum atomic E-state index is -0.464. The van der Waals surface area contributed by atoms with E-state index in [1.54, 1.807) is 6.07 Å². The Morgan fingerprint density at radius 1 is 1.14 bits per heavy atom. The fourth-order valence-electron chi connectivity index (χ4n) is 2.20. The van der Waals surface area contributed by atoms with Crippen molar-refractivity contribution in [2.75, 3.05) is 13.2 Å². The number of halogens is 3. The molecular weight excluding hydrogens is 361 g/mol. The molecule has 1 aliphatic rings. The second-order valence-electron chi connectivity index (χ2n) is 4.67. The number of ether oxygens (including phenoxy) is 2. The van der Waals surface area contributed by atoms with Crippen molar-refractivity contribution in [3.05, 3.63) is 56.8 Å². The molecule has 0 aliphatic carbocycles. The standard InChI is InChI=1S/C15H12BrClFNO2/c16-10-7-14-13(20-3-4-21-14)6-9(10)15(19)8-1-2-12(18)11(17)5-8/h1-2,5-7,15H,3-4,19H2. The normalized spacial score (nSPS) is 14.9. The first-order chi connectivity index (χ1) is 10.1. The van der Waals surface area contributed by atoms with Crippen molar-refractivity contribution in [2.45, 2.75) is 6.04 Å². The van der Waals surface area contributed by atoms with Crippen LogP contribution in [0.1, 0.15) is 17.2 Å². The third-order valence-corrected chi connectivity index (χ3v) is 4.28. The van der Waals surface area contributed by atoms with Crippen molar-refractivity contribution in [3.63, 3.8) is 0 Å². The van der Waals surface area contributed by atoms with E-state index in [0.29, 0.717) is 24.7 Å². The van der Waals surface area contributed by atoms with Crippen molar-refractivity contribution in [2.24, 2.45) is 5.73 Å². The molecule has 21 heavy (non-hydrogen) atoms. The van der Waals surface area contributed by atoms with Gasteiger partial charge in [0.2, 0.25) is 0 Å². The molecule has 3 rings (SSSR count). The van der Waals surface area contributed by atoms with E-state index in [4.69, 9.17) is 26.8 Å². The van der Waals surface area contributed by atoms with E-state index in [2.05, 4.69) is 15.9 Å². The van der Waals surface area contributed by atoms with Gasteiger partial charge in [-0.1, -0.05) is 33.6 Å². The zero-order valence-electron chi connectivity index (χ0n) is 10.9. The van der Waals surface area contributed by atoms with Crippen molar-refractivity contribution < 1.29 is 13.9 Å². The van der Waals surface area contributed by atoms with E-state index < -0.39 is 11.9 Å². The van der Waals surface area contributed by atoms with E-state index in [0.717, 1.165) is 15.6 Å². The highest BCUT2D eigenvalue weighted by atomic mass is 79.9. The number of hydrogen-bond acceptors (Lipinski definition) is 3. The van der Waals surface area contributed by atoms with Gasteiger partial charge in [0, 0.05) is 4.47 Å². The number of hydrogen-bond donors (Lipinski definition) is 1. The van der Waals surface area contributed by atoms with E-state index in [9.17, 15) is 4.39 Å². The molecular formula is C15H12BrClFNO2. The summed E-state index contributed by atoms with van der Waals surface area (Å²) in [4.78, 5) is 0. The van der Waals surface area contributed by atoms with Crippen LogP contribution in [0.5, 0.6) is 11.5 Å². The van der Waals surface area contributed by atoms with Gasteiger partial charge in [-0.05, 0) is 35.4 Å². The lowest BCUT2D eigenvalue weighted by molar-refractivity contribution is 0.171. The average Bonchev–Trinajstić information content (AvgIpc) is 2.48. The number of benzene rings is 2. The molecule has 0 spiro atoms. The van der Waals surface area contributed by atoms with Gasteiger partial charge >= 0.3 is 0 Å². The van der Waals surface area contributed by atoms with E-state index >= 15 is 0 Å². The highest BCUT2D eigenvalue weighted by Crippen LogP contribution is 2.39. The first-order valence-electron chi connectivity index (χ1n) is 6.36. The zero-order chi connectivity index (χ0) is 15.0. The Hall–Kier alpha value is -1.30. The van der Waals surface area contributed by atoms with Gasteiger partial charge in [0.15, 0.2) is 11.5 Å². The van der Waals surface area contributed by atoms with Crippen LogP contribution in [0.4, 0.5) is 4.39 Å². The predicted octanol–water partition coefficient (Wildman–Crippen LogP) is 4.06. The monoisotopic (exact) mass is 371 g/mol. The predicted molar refractivity (Wildman–Crippen MR) is 82.6 cm³/mol. The Morgan fingerprint density at radius 2 is 1.81 bits per heavy atom. The Balaban J connectivity index is 2.00. The third-order valence-electron chi connectivity index (χ3n) is 3.30. The summed E-state index contributed by atoms with van der Waals surface area (Å²) in [6.45, 7) is 1.03. The van der Waals surface area contributed by atoms with Gasteiger partial charge in [0.05, 0.1) is 11.1 Å². The summed E-state index contributed by atoms with van der Waals surface area (Å²) >= 11 is 9.30. The Kier molecular flexibility index (Phi) is 4.06. The summed E-state index contributed by atoms with van der Waals surface area (Å²) in [6.07, 6.45) is 0. The van der Waals surface area contributed by atoms with Crippen molar-refractivity contribution in [1.82, 2.24) is 0 Å². The molecule has 1 heterocycles. The molecule has 0 bridgehead atoms. The average molecular weight is 373 g/mol. The van der Waals surface area contributed by atoms with Crippen LogP contribution in [0.3, 0.4) is 0 Å². The Labute approximate surface area is 134 Å². The maximum atomic E-state index is 13.3. The van der Waals surface area contributed by atoms with Crippen LogP contribution in [-0.4, -0.2) is 13.2 Å². The highest BCUT2D eigenvalue weighted by Gasteiger charge is 2.20. The molecule has 0 amide bonds. The molecule has 1 unspecified atom stereocenters. The van der Waals surface area contributed by atoms with Crippen LogP contribution >= 0.6 is 27.5 Å². The van der Waals surface area contributed by atoms with Gasteiger partial charge < -0.3 is 15.2 Å². The molecule has 0 saturated heterocycles. The summed E-state index contributed by atoms with van der Waals surface area (Å²) in [5, 5.41) is 0.0524. The van der Waals surface area contributed by atoms with Gasteiger partial charge in [0.25, 0.3) is 0 Å². The fourth-order valence-corrected chi connectivity index (χ4v) is 2.96. The number of rotatable bonds is 2. The minimum absolute atomic E-state index is 0.0524. The lowest BCUT2D eigenvalue weighted by Gasteiger charge is -2.22. The maximum Gasteiger partial charge on any atom is 0.162 e. The van der Waals surface area contributed by atoms with Crippen LogP contribution in [0.15, 0.2) is 34.8 Å². The van der Waals surface area contributed by atoms with Gasteiger partial charge in [-0.25, -0.2) is 4.39 Å². The SMILES string of the molecule is NC(c1ccc(F)c(Cl)c1)c1cc2c(cc1Br)OCCO2. The molecule has 0 saturated carbocycles. The summed E-state index contributed by atoms with van der Waals surface area (Å²) < 4.78 is 25.1. The maximum absolute atomic E-state index is 13.3. The first kappa shape index (κ1) is 14.6. The van der Waals surface area contributed by atoms with Crippen LogP contribution in [0, 0.1) is 5.82 Å². The number of nitrogens with two attached hydrogens (primary N) is 1. The van der Waals surface area contributed by atoms with Crippen molar-refractivity contribution >= 4 is 27.5 Å². The molecule has 2 aromatic rings. The Morgan fingerprint density at radius 3 is 2.48 bits per heavy atom. The molecule has 1 atom stereocenters. The van der Waals surface area contributed by atoms with Crippen LogP contribution in [-0.2, 0) is 0 Å². The molecule has 2 N–H and O–H groups in total. The van der Waals surface area contributed by atoms with Crippen LogP contribution < -0.4 is 15.2 Å². The fraction of sp³-hybridized carbons (Fsp3) is 0.200. The third kappa shape index (κ3) is 2.86. The number of fused-ring (bicyclic) bond motifs is 1. The van der Waals surface area contributed by atoms with Gasteiger partial charge in [-0.2, -0.15) is 0 Å². The second-order valence-corrected chi connectivity index (χ2v) is 5.93. The molecule has 0 fully saturated rings. The quantitative estimate of drug-likeness (QED) is 0.864. The molecule has 110 valence electrons. The smallest absolute Gasteiger partial charge is 0.162 e. The lowest BCUT2D eigenvalue weighted by Crippen LogP contribution is -2.17. The van der Waals surface area contributed by atoms with Gasteiger partial charge in [-0.3, -0.25) is 0 Å². The van der Waals surface area contributed by atoms with Gasteiger partial charge in [-0.15, -0.1) is 0 Å². The Bertz CT molecular complexity index is 696. The molecule has 2 aromatic carbocycles.